The molecule has 32 heavy (non-hydrogen) atoms. The zero-order valence-electron chi connectivity index (χ0n) is 18.0. The number of halogens is 1. The lowest BCUT2D eigenvalue weighted by Gasteiger charge is -2.44. The van der Waals surface area contributed by atoms with Crippen LogP contribution in [0.25, 0.3) is 11.3 Å². The van der Waals surface area contributed by atoms with E-state index in [1.807, 2.05) is 6.07 Å². The van der Waals surface area contributed by atoms with Crippen molar-refractivity contribution in [2.45, 2.75) is 63.6 Å². The molecule has 0 spiro atoms. The van der Waals surface area contributed by atoms with E-state index in [4.69, 9.17) is 11.0 Å². The second-order valence-electron chi connectivity index (χ2n) is 8.64. The molecule has 9 heteroatoms. The molecule has 0 bridgehead atoms. The first-order valence-electron chi connectivity index (χ1n) is 11.0. The molecule has 2 atom stereocenters. The van der Waals surface area contributed by atoms with Crippen molar-refractivity contribution >= 4 is 17.9 Å². The fraction of sp³-hybridized carbons (Fsp3) is 0.478. The highest BCUT2D eigenvalue weighted by Crippen LogP contribution is 2.33. The number of benzene rings is 1. The lowest BCUT2D eigenvalue weighted by molar-refractivity contribution is 0.0901. The average molecular weight is 439 g/mol. The molecule has 1 aliphatic heterocycles. The van der Waals surface area contributed by atoms with Crippen LogP contribution in [-0.4, -0.2) is 50.7 Å². The van der Waals surface area contributed by atoms with E-state index in [1.54, 1.807) is 17.0 Å². The summed E-state index contributed by atoms with van der Waals surface area (Å²) in [6.07, 6.45) is 4.70. The predicted molar refractivity (Wildman–Crippen MR) is 119 cm³/mol. The predicted octanol–water partition coefficient (Wildman–Crippen LogP) is 4.02. The number of rotatable bonds is 4. The number of amides is 1. The Morgan fingerprint density at radius 3 is 2.62 bits per heavy atom. The van der Waals surface area contributed by atoms with Gasteiger partial charge in [0.25, 0.3) is 0 Å². The Hall–Kier alpha value is -3.41. The van der Waals surface area contributed by atoms with Crippen LogP contribution >= 0.6 is 0 Å². The second kappa shape index (κ2) is 8.99. The number of carbonyl (C=O) groups is 1. The van der Waals surface area contributed by atoms with E-state index in [0.29, 0.717) is 23.6 Å². The van der Waals surface area contributed by atoms with Crippen LogP contribution in [0.5, 0.6) is 0 Å². The zero-order chi connectivity index (χ0) is 22.8. The number of nitrogens with two attached hydrogens (primary N) is 1. The van der Waals surface area contributed by atoms with Gasteiger partial charge < -0.3 is 20.6 Å². The van der Waals surface area contributed by atoms with Crippen molar-refractivity contribution in [1.82, 2.24) is 14.9 Å². The number of nitrogens with zero attached hydrogens (tertiary/aromatic N) is 5. The first-order chi connectivity index (χ1) is 15.4. The van der Waals surface area contributed by atoms with Crippen molar-refractivity contribution < 1.29 is 14.3 Å². The molecule has 2 heterocycles. The van der Waals surface area contributed by atoms with Gasteiger partial charge in [-0.05, 0) is 44.7 Å². The summed E-state index contributed by atoms with van der Waals surface area (Å²) in [6.45, 7) is 2.60. The van der Waals surface area contributed by atoms with Crippen LogP contribution in [0, 0.1) is 17.1 Å². The third-order valence-corrected chi connectivity index (χ3v) is 6.60. The zero-order valence-corrected chi connectivity index (χ0v) is 18.0. The summed E-state index contributed by atoms with van der Waals surface area (Å²) in [4.78, 5) is 24.5. The molecule has 0 radical (unpaired) electrons. The van der Waals surface area contributed by atoms with Gasteiger partial charge in [0.15, 0.2) is 0 Å². The van der Waals surface area contributed by atoms with Crippen LogP contribution in [0.1, 0.15) is 51.0 Å². The SMILES string of the molecule is C[C@@H]1CC[C@H](N(C(=O)O)C2CCCC2)CN1c1cc(-c2ccc(C#N)c(F)c2)nc(N)n1. The average Bonchev–Trinajstić information content (AvgIpc) is 3.28. The highest BCUT2D eigenvalue weighted by atomic mass is 19.1. The highest BCUT2D eigenvalue weighted by molar-refractivity contribution is 5.67. The van der Waals surface area contributed by atoms with Crippen LogP contribution in [0.4, 0.5) is 21.0 Å². The van der Waals surface area contributed by atoms with Crippen LogP contribution in [0.15, 0.2) is 24.3 Å². The van der Waals surface area contributed by atoms with Gasteiger partial charge in [0, 0.05) is 30.3 Å². The summed E-state index contributed by atoms with van der Waals surface area (Å²) in [5.74, 6) is 0.0255. The molecule has 1 saturated heterocycles. The third-order valence-electron chi connectivity index (χ3n) is 6.60. The van der Waals surface area contributed by atoms with Crippen molar-refractivity contribution in [3.63, 3.8) is 0 Å². The Kier molecular flexibility index (Phi) is 6.12. The molecule has 2 aromatic rings. The van der Waals surface area contributed by atoms with Crippen LogP contribution in [0.2, 0.25) is 0 Å². The Morgan fingerprint density at radius 2 is 1.97 bits per heavy atom. The van der Waals surface area contributed by atoms with Gasteiger partial charge >= 0.3 is 6.09 Å². The maximum atomic E-state index is 14.1. The van der Waals surface area contributed by atoms with Gasteiger partial charge in [0.1, 0.15) is 17.7 Å². The summed E-state index contributed by atoms with van der Waals surface area (Å²) in [7, 11) is 0. The molecule has 2 fully saturated rings. The number of aromatic nitrogens is 2. The summed E-state index contributed by atoms with van der Waals surface area (Å²) in [6, 6.07) is 7.94. The van der Waals surface area contributed by atoms with Gasteiger partial charge in [0.05, 0.1) is 17.3 Å². The molecule has 1 aromatic carbocycles. The van der Waals surface area contributed by atoms with Crippen LogP contribution in [0.3, 0.4) is 0 Å². The lowest BCUT2D eigenvalue weighted by atomic mass is 9.96. The number of hydrogen-bond donors (Lipinski definition) is 2. The van der Waals surface area contributed by atoms with Crippen molar-refractivity contribution in [1.29, 1.82) is 5.26 Å². The maximum Gasteiger partial charge on any atom is 0.407 e. The number of carboxylic acid groups (broad SMARTS) is 1. The van der Waals surface area contributed by atoms with E-state index in [2.05, 4.69) is 21.8 Å². The van der Waals surface area contributed by atoms with Gasteiger partial charge in [-0.2, -0.15) is 10.2 Å². The van der Waals surface area contributed by atoms with E-state index in [9.17, 15) is 14.3 Å². The minimum atomic E-state index is -0.868. The molecule has 1 aliphatic carbocycles. The molecule has 2 aliphatic rings. The Morgan fingerprint density at radius 1 is 1.22 bits per heavy atom. The molecular formula is C23H27FN6O2. The van der Waals surface area contributed by atoms with Gasteiger partial charge in [-0.15, -0.1) is 0 Å². The number of piperidine rings is 1. The monoisotopic (exact) mass is 438 g/mol. The molecule has 4 rings (SSSR count). The van der Waals surface area contributed by atoms with Crippen LogP contribution in [-0.2, 0) is 0 Å². The van der Waals surface area contributed by atoms with Crippen molar-refractivity contribution in [2.24, 2.45) is 0 Å². The molecule has 1 aromatic heterocycles. The van der Waals surface area contributed by atoms with Gasteiger partial charge in [-0.3, -0.25) is 0 Å². The van der Waals surface area contributed by atoms with E-state index >= 15 is 0 Å². The van der Waals surface area contributed by atoms with E-state index < -0.39 is 11.9 Å². The first-order valence-corrected chi connectivity index (χ1v) is 11.0. The van der Waals surface area contributed by atoms with Gasteiger partial charge in [0.2, 0.25) is 5.95 Å². The minimum Gasteiger partial charge on any atom is -0.465 e. The topological polar surface area (TPSA) is 119 Å². The summed E-state index contributed by atoms with van der Waals surface area (Å²) < 4.78 is 14.1. The smallest absolute Gasteiger partial charge is 0.407 e. The maximum absolute atomic E-state index is 14.1. The fourth-order valence-corrected chi connectivity index (χ4v) is 4.94. The molecular weight excluding hydrogens is 411 g/mol. The highest BCUT2D eigenvalue weighted by Gasteiger charge is 2.37. The summed E-state index contributed by atoms with van der Waals surface area (Å²) >= 11 is 0. The fourth-order valence-electron chi connectivity index (χ4n) is 4.94. The Bertz CT molecular complexity index is 1050. The Labute approximate surface area is 186 Å². The molecule has 168 valence electrons. The first kappa shape index (κ1) is 21.8. The summed E-state index contributed by atoms with van der Waals surface area (Å²) in [5.41, 5.74) is 6.90. The molecule has 3 N–H and O–H groups in total. The largest absolute Gasteiger partial charge is 0.465 e. The van der Waals surface area contributed by atoms with Crippen LogP contribution < -0.4 is 10.6 Å². The minimum absolute atomic E-state index is 0.0378. The summed E-state index contributed by atoms with van der Waals surface area (Å²) in [5, 5.41) is 18.9. The molecule has 1 saturated carbocycles. The number of nitrogen functional groups attached to an aromatic ring is 1. The van der Waals surface area contributed by atoms with E-state index in [1.165, 1.54) is 12.1 Å². The van der Waals surface area contributed by atoms with Crippen molar-refractivity contribution in [2.75, 3.05) is 17.2 Å². The second-order valence-corrected chi connectivity index (χ2v) is 8.64. The van der Waals surface area contributed by atoms with Crippen molar-refractivity contribution in [3.05, 3.63) is 35.6 Å². The standard InChI is InChI=1S/C23H27FN6O2/c1-14-6-9-18(30(23(31)32)17-4-2-3-5-17)13-29(14)21-11-20(27-22(26)28-21)15-7-8-16(12-25)19(24)10-15/h7-8,10-11,14,17-18H,2-6,9,13H2,1H3,(H,31,32)(H2,26,27,28)/t14-,18+/m1/s1. The number of anilines is 2. The number of nitriles is 1. The molecule has 1 amide bonds. The van der Waals surface area contributed by atoms with Gasteiger partial charge in [-0.1, -0.05) is 18.9 Å². The molecule has 8 nitrogen and oxygen atoms in total. The Balaban J connectivity index is 1.64. The van der Waals surface area contributed by atoms with Gasteiger partial charge in [-0.25, -0.2) is 14.2 Å². The normalized spacial score (nSPS) is 21.3. The van der Waals surface area contributed by atoms with E-state index in [-0.39, 0.29) is 29.6 Å². The number of hydrogen-bond acceptors (Lipinski definition) is 6. The van der Waals surface area contributed by atoms with Crippen molar-refractivity contribution in [3.8, 4) is 17.3 Å². The molecule has 0 unspecified atom stereocenters. The lowest BCUT2D eigenvalue weighted by Crippen LogP contribution is -2.55. The van der Waals surface area contributed by atoms with E-state index in [0.717, 1.165) is 38.5 Å². The third kappa shape index (κ3) is 4.31. The quantitative estimate of drug-likeness (QED) is 0.740.